The lowest BCUT2D eigenvalue weighted by molar-refractivity contribution is -0.145. The lowest BCUT2D eigenvalue weighted by atomic mass is 9.97. The van der Waals surface area contributed by atoms with Gasteiger partial charge < -0.3 is 32.1 Å². The average molecular weight is 468 g/mol. The third-order valence-electron chi connectivity index (χ3n) is 5.59. The van der Waals surface area contributed by atoms with Crippen molar-refractivity contribution in [2.24, 2.45) is 17.2 Å². The summed E-state index contributed by atoms with van der Waals surface area (Å²) in [5, 5.41) is 8.08. The van der Waals surface area contributed by atoms with Crippen molar-refractivity contribution in [3.05, 3.63) is 0 Å². The molecule has 0 saturated heterocycles. The molecule has 0 aromatic carbocycles. The van der Waals surface area contributed by atoms with E-state index in [1.807, 2.05) is 0 Å². The lowest BCUT2D eigenvalue weighted by Crippen LogP contribution is -2.22. The van der Waals surface area contributed by atoms with Crippen molar-refractivity contribution in [3.63, 3.8) is 0 Å². The maximum absolute atomic E-state index is 9.96. The van der Waals surface area contributed by atoms with Gasteiger partial charge in [-0.2, -0.15) is 0 Å². The number of phosphoric acid groups is 1. The Morgan fingerprint density at radius 2 is 1.00 bits per heavy atom. The summed E-state index contributed by atoms with van der Waals surface area (Å²) in [6.07, 6.45) is 18.5. The number of hydrogen-bond acceptors (Lipinski definition) is 6. The zero-order chi connectivity index (χ0) is 23.7. The Kier molecular flexibility index (Phi) is 17.6. The molecular formula is C21H46N3O6P. The molecule has 9 N–H and O–H groups in total. The van der Waals surface area contributed by atoms with Gasteiger partial charge in [0.05, 0.1) is 0 Å². The average Bonchev–Trinajstić information content (AvgIpc) is 2.70. The number of rotatable bonds is 3. The number of carbonyl (C=O) groups is 1. The molecule has 3 fully saturated rings. The van der Waals surface area contributed by atoms with Crippen LogP contribution in [0.25, 0.3) is 0 Å². The summed E-state index contributed by atoms with van der Waals surface area (Å²) in [4.78, 5) is 26.0. The zero-order valence-electron chi connectivity index (χ0n) is 19.2. The summed E-state index contributed by atoms with van der Waals surface area (Å²) in [5.41, 5.74) is 16.9. The van der Waals surface area contributed by atoms with Gasteiger partial charge in [-0.3, -0.25) is 4.52 Å². The highest BCUT2D eigenvalue weighted by molar-refractivity contribution is 7.46. The van der Waals surface area contributed by atoms with Crippen molar-refractivity contribution in [2.75, 3.05) is 0 Å². The van der Waals surface area contributed by atoms with Crippen LogP contribution in [0.3, 0.4) is 0 Å². The third-order valence-corrected chi connectivity index (χ3v) is 6.18. The Labute approximate surface area is 187 Å². The minimum Gasteiger partial charge on any atom is -0.479 e. The Balaban J connectivity index is 0.000000391. The maximum atomic E-state index is 9.96. The molecule has 10 heteroatoms. The molecule has 3 aliphatic carbocycles. The Hall–Kier alpha value is -0.540. The van der Waals surface area contributed by atoms with E-state index in [1.165, 1.54) is 96.3 Å². The van der Waals surface area contributed by atoms with Gasteiger partial charge in [-0.15, -0.1) is 0 Å². The molecule has 0 radical (unpaired) electrons. The molecule has 0 bridgehead atoms. The molecule has 0 aliphatic heterocycles. The van der Waals surface area contributed by atoms with Crippen molar-refractivity contribution in [3.8, 4) is 0 Å². The van der Waals surface area contributed by atoms with E-state index in [4.69, 9.17) is 32.1 Å². The molecule has 0 amide bonds. The van der Waals surface area contributed by atoms with Gasteiger partial charge in [-0.1, -0.05) is 57.8 Å². The highest BCUT2D eigenvalue weighted by Gasteiger charge is 2.23. The second-order valence-corrected chi connectivity index (χ2v) is 9.96. The Morgan fingerprint density at radius 1 is 0.742 bits per heavy atom. The predicted octanol–water partition coefficient (Wildman–Crippen LogP) is 3.40. The number of aliphatic carboxylic acids is 1. The highest BCUT2D eigenvalue weighted by Crippen LogP contribution is 2.37. The van der Waals surface area contributed by atoms with Crippen LogP contribution >= 0.6 is 7.82 Å². The zero-order valence-corrected chi connectivity index (χ0v) is 20.1. The van der Waals surface area contributed by atoms with Gasteiger partial charge in [0.2, 0.25) is 0 Å². The van der Waals surface area contributed by atoms with Gasteiger partial charge in [-0.25, -0.2) is 9.36 Å². The van der Waals surface area contributed by atoms with Crippen molar-refractivity contribution >= 4 is 13.8 Å². The highest BCUT2D eigenvalue weighted by atomic mass is 31.2. The molecule has 0 spiro atoms. The van der Waals surface area contributed by atoms with E-state index in [0.717, 1.165) is 6.92 Å². The van der Waals surface area contributed by atoms with E-state index in [1.54, 1.807) is 0 Å². The molecule has 31 heavy (non-hydrogen) atoms. The van der Waals surface area contributed by atoms with Crippen molar-refractivity contribution in [1.29, 1.82) is 0 Å². The summed E-state index contributed by atoms with van der Waals surface area (Å²) in [7, 11) is -4.66. The quantitative estimate of drug-likeness (QED) is 0.339. The predicted molar refractivity (Wildman–Crippen MR) is 123 cm³/mol. The van der Waals surface area contributed by atoms with E-state index in [9.17, 15) is 9.36 Å². The van der Waals surface area contributed by atoms with Gasteiger partial charge in [-0.05, 0) is 45.4 Å². The van der Waals surface area contributed by atoms with Crippen LogP contribution in [0.5, 0.6) is 0 Å². The summed E-state index contributed by atoms with van der Waals surface area (Å²) >= 11 is 0. The number of carboxylic acids is 1. The summed E-state index contributed by atoms with van der Waals surface area (Å²) < 4.78 is 13.7. The van der Waals surface area contributed by atoms with E-state index in [2.05, 4.69) is 4.52 Å². The van der Waals surface area contributed by atoms with Crippen LogP contribution in [0.15, 0.2) is 0 Å². The molecule has 3 saturated carbocycles. The van der Waals surface area contributed by atoms with Crippen LogP contribution < -0.4 is 17.2 Å². The van der Waals surface area contributed by atoms with Gasteiger partial charge >= 0.3 is 13.8 Å². The number of phosphoric ester groups is 1. The van der Waals surface area contributed by atoms with Gasteiger partial charge in [0.1, 0.15) is 0 Å². The van der Waals surface area contributed by atoms with Crippen LogP contribution in [0.2, 0.25) is 0 Å². The monoisotopic (exact) mass is 467 g/mol. The van der Waals surface area contributed by atoms with Crippen molar-refractivity contribution in [1.82, 2.24) is 0 Å². The second-order valence-electron chi connectivity index (χ2n) is 8.77. The number of carboxylic acid groups (broad SMARTS) is 1. The van der Waals surface area contributed by atoms with Crippen LogP contribution in [0, 0.1) is 0 Å². The minimum atomic E-state index is -4.66. The molecular weight excluding hydrogens is 421 g/mol. The van der Waals surface area contributed by atoms with Crippen LogP contribution in [-0.2, 0) is 13.9 Å². The van der Waals surface area contributed by atoms with E-state index in [-0.39, 0.29) is 0 Å². The normalized spacial score (nSPS) is 21.9. The van der Waals surface area contributed by atoms with Crippen LogP contribution in [0.1, 0.15) is 103 Å². The van der Waals surface area contributed by atoms with Gasteiger partial charge in [0.25, 0.3) is 0 Å². The smallest absolute Gasteiger partial charge is 0.470 e. The topological polar surface area (TPSA) is 182 Å². The first-order chi connectivity index (χ1) is 14.5. The SMILES string of the molecule is CC(OP(=O)(O)O)C(=O)O.NC1CCCCC1.NC1CCCCC1.NC1CCCCC1. The lowest BCUT2D eigenvalue weighted by Gasteiger charge is -2.15. The summed E-state index contributed by atoms with van der Waals surface area (Å²) in [6, 6.07) is 1.61. The molecule has 1 atom stereocenters. The van der Waals surface area contributed by atoms with Crippen molar-refractivity contribution < 1.29 is 28.8 Å². The Morgan fingerprint density at radius 3 is 1.10 bits per heavy atom. The number of nitrogens with two attached hydrogens (primary N) is 3. The fourth-order valence-electron chi connectivity index (χ4n) is 3.65. The summed E-state index contributed by atoms with van der Waals surface area (Å²) in [6.45, 7) is 1.03. The molecule has 3 rings (SSSR count). The Bertz CT molecular complexity index is 449. The van der Waals surface area contributed by atoms with E-state index in [0.29, 0.717) is 18.1 Å². The summed E-state index contributed by atoms with van der Waals surface area (Å²) in [5.74, 6) is -1.41. The first-order valence-corrected chi connectivity index (χ1v) is 13.3. The standard InChI is InChI=1S/3C6H13N.C3H7O6P/c3*7-6-4-2-1-3-5-6;1-2(3(4)5)9-10(6,7)8/h3*6H,1-5,7H2;2H,1H3,(H,4,5)(H2,6,7,8). The molecule has 0 aromatic rings. The van der Waals surface area contributed by atoms with Gasteiger partial charge in [0.15, 0.2) is 6.10 Å². The molecule has 1 unspecified atom stereocenters. The van der Waals surface area contributed by atoms with Crippen molar-refractivity contribution in [2.45, 2.75) is 127 Å². The molecule has 0 aromatic heterocycles. The van der Waals surface area contributed by atoms with E-state index < -0.39 is 19.9 Å². The first kappa shape index (κ1) is 30.5. The largest absolute Gasteiger partial charge is 0.479 e. The maximum Gasteiger partial charge on any atom is 0.470 e. The third kappa shape index (κ3) is 21.1. The second kappa shape index (κ2) is 18.0. The van der Waals surface area contributed by atoms with Gasteiger partial charge in [0, 0.05) is 18.1 Å². The molecule has 186 valence electrons. The molecule has 0 heterocycles. The minimum absolute atomic E-state index is 0.536. The fourth-order valence-corrected chi connectivity index (χ4v) is 4.16. The first-order valence-electron chi connectivity index (χ1n) is 11.7. The number of hydrogen-bond donors (Lipinski definition) is 6. The molecule has 3 aliphatic rings. The fraction of sp³-hybridized carbons (Fsp3) is 0.952. The molecule has 9 nitrogen and oxygen atoms in total. The van der Waals surface area contributed by atoms with E-state index >= 15 is 0 Å². The van der Waals surface area contributed by atoms with Crippen LogP contribution in [-0.4, -0.2) is 45.1 Å². The van der Waals surface area contributed by atoms with Crippen LogP contribution in [0.4, 0.5) is 0 Å².